The topological polar surface area (TPSA) is 88.1 Å². The standard InChI is InChI=1S/C20H30N2O5/c1-20(2,3)27-19(25)21-17-10-7-15(23)11-12-22(18(17)24)13-14-5-8-16(26-4)9-6-14/h5-6,8-9,15,17,23H,7,10-13H2,1-4H3,(H,21,25)/t15-,17-/m0/s1. The van der Waals surface area contributed by atoms with E-state index >= 15 is 0 Å². The lowest BCUT2D eigenvalue weighted by molar-refractivity contribution is -0.135. The molecule has 1 saturated heterocycles. The normalized spacial score (nSPS) is 21.2. The fourth-order valence-corrected chi connectivity index (χ4v) is 2.95. The summed E-state index contributed by atoms with van der Waals surface area (Å²) in [5, 5.41) is 12.8. The number of carbonyl (C=O) groups excluding carboxylic acids is 2. The number of methoxy groups -OCH3 is 1. The molecule has 7 heteroatoms. The smallest absolute Gasteiger partial charge is 0.408 e. The van der Waals surface area contributed by atoms with E-state index in [2.05, 4.69) is 5.32 Å². The summed E-state index contributed by atoms with van der Waals surface area (Å²) in [6.07, 6.45) is 0.224. The zero-order chi connectivity index (χ0) is 20.0. The lowest BCUT2D eigenvalue weighted by atomic mass is 10.0. The Bertz CT molecular complexity index is 639. The molecule has 2 rings (SSSR count). The molecule has 0 bridgehead atoms. The predicted molar refractivity (Wildman–Crippen MR) is 101 cm³/mol. The number of amides is 2. The van der Waals surface area contributed by atoms with E-state index in [0.717, 1.165) is 11.3 Å². The third-order valence-corrected chi connectivity index (χ3v) is 4.35. The molecule has 2 amide bonds. The van der Waals surface area contributed by atoms with Crippen molar-refractivity contribution in [2.75, 3.05) is 13.7 Å². The van der Waals surface area contributed by atoms with Crippen LogP contribution in [0.3, 0.4) is 0 Å². The minimum atomic E-state index is -0.715. The average Bonchev–Trinajstić information content (AvgIpc) is 2.59. The number of likely N-dealkylation sites (tertiary alicyclic amines) is 1. The first-order chi connectivity index (χ1) is 12.7. The van der Waals surface area contributed by atoms with Crippen molar-refractivity contribution in [3.8, 4) is 5.75 Å². The van der Waals surface area contributed by atoms with Gasteiger partial charge in [-0.05, 0) is 57.7 Å². The number of nitrogens with zero attached hydrogens (tertiary/aromatic N) is 1. The van der Waals surface area contributed by atoms with Crippen molar-refractivity contribution in [1.82, 2.24) is 10.2 Å². The highest BCUT2D eigenvalue weighted by atomic mass is 16.6. The van der Waals surface area contributed by atoms with E-state index in [9.17, 15) is 14.7 Å². The van der Waals surface area contributed by atoms with Crippen LogP contribution in [0.15, 0.2) is 24.3 Å². The molecule has 0 spiro atoms. The first-order valence-corrected chi connectivity index (χ1v) is 9.27. The van der Waals surface area contributed by atoms with Gasteiger partial charge in [-0.3, -0.25) is 4.79 Å². The van der Waals surface area contributed by atoms with Gasteiger partial charge in [0, 0.05) is 13.1 Å². The number of benzene rings is 1. The third-order valence-electron chi connectivity index (χ3n) is 4.35. The van der Waals surface area contributed by atoms with Gasteiger partial charge in [0.1, 0.15) is 17.4 Å². The van der Waals surface area contributed by atoms with Crippen molar-refractivity contribution in [2.45, 2.75) is 64.3 Å². The first-order valence-electron chi connectivity index (χ1n) is 9.27. The highest BCUT2D eigenvalue weighted by molar-refractivity contribution is 5.85. The van der Waals surface area contributed by atoms with Crippen molar-refractivity contribution in [1.29, 1.82) is 0 Å². The van der Waals surface area contributed by atoms with E-state index in [0.29, 0.717) is 32.4 Å². The Labute approximate surface area is 160 Å². The van der Waals surface area contributed by atoms with Crippen LogP contribution in [0.25, 0.3) is 0 Å². The first kappa shape index (κ1) is 21.0. The molecule has 1 fully saturated rings. The number of aliphatic hydroxyl groups excluding tert-OH is 1. The molecule has 1 heterocycles. The fraction of sp³-hybridized carbons (Fsp3) is 0.600. The van der Waals surface area contributed by atoms with Crippen molar-refractivity contribution in [2.24, 2.45) is 0 Å². The van der Waals surface area contributed by atoms with Crippen LogP contribution in [0.1, 0.15) is 45.6 Å². The van der Waals surface area contributed by atoms with Crippen LogP contribution < -0.4 is 10.1 Å². The van der Waals surface area contributed by atoms with Gasteiger partial charge in [0.2, 0.25) is 5.91 Å². The molecular weight excluding hydrogens is 348 g/mol. The molecule has 1 aliphatic heterocycles. The van der Waals surface area contributed by atoms with Gasteiger partial charge in [0.25, 0.3) is 0 Å². The van der Waals surface area contributed by atoms with Crippen molar-refractivity contribution in [3.63, 3.8) is 0 Å². The Morgan fingerprint density at radius 2 is 1.89 bits per heavy atom. The maximum Gasteiger partial charge on any atom is 0.408 e. The monoisotopic (exact) mass is 378 g/mol. The number of aliphatic hydroxyl groups is 1. The van der Waals surface area contributed by atoms with Gasteiger partial charge in [-0.15, -0.1) is 0 Å². The predicted octanol–water partition coefficient (Wildman–Crippen LogP) is 2.46. The highest BCUT2D eigenvalue weighted by Gasteiger charge is 2.30. The van der Waals surface area contributed by atoms with E-state index in [4.69, 9.17) is 9.47 Å². The SMILES string of the molecule is COc1ccc(CN2CC[C@@H](O)CC[C@H](NC(=O)OC(C)(C)C)C2=O)cc1. The third kappa shape index (κ3) is 6.75. The van der Waals surface area contributed by atoms with Crippen molar-refractivity contribution < 1.29 is 24.2 Å². The van der Waals surface area contributed by atoms with Crippen LogP contribution in [0.5, 0.6) is 5.75 Å². The number of hydrogen-bond donors (Lipinski definition) is 2. The Hall–Kier alpha value is -2.28. The van der Waals surface area contributed by atoms with Crippen molar-refractivity contribution in [3.05, 3.63) is 29.8 Å². The van der Waals surface area contributed by atoms with Crippen LogP contribution in [0.2, 0.25) is 0 Å². The van der Waals surface area contributed by atoms with E-state index in [1.165, 1.54) is 0 Å². The number of alkyl carbamates (subject to hydrolysis) is 1. The van der Waals surface area contributed by atoms with Gasteiger partial charge in [-0.2, -0.15) is 0 Å². The number of carbonyl (C=O) groups is 2. The van der Waals surface area contributed by atoms with Gasteiger partial charge in [0.05, 0.1) is 13.2 Å². The second-order valence-electron chi connectivity index (χ2n) is 7.83. The second kappa shape index (κ2) is 9.08. The molecule has 7 nitrogen and oxygen atoms in total. The molecule has 27 heavy (non-hydrogen) atoms. The Morgan fingerprint density at radius 3 is 2.48 bits per heavy atom. The zero-order valence-electron chi connectivity index (χ0n) is 16.5. The summed E-state index contributed by atoms with van der Waals surface area (Å²) in [6.45, 7) is 6.14. The van der Waals surface area contributed by atoms with Gasteiger partial charge in [0.15, 0.2) is 0 Å². The Kier molecular flexibility index (Phi) is 7.07. The van der Waals surface area contributed by atoms with Crippen LogP contribution in [-0.2, 0) is 16.1 Å². The summed E-state index contributed by atoms with van der Waals surface area (Å²) >= 11 is 0. The Morgan fingerprint density at radius 1 is 1.22 bits per heavy atom. The molecule has 2 N–H and O–H groups in total. The van der Waals surface area contributed by atoms with Crippen molar-refractivity contribution >= 4 is 12.0 Å². The number of nitrogens with one attached hydrogen (secondary N) is 1. The molecule has 1 aromatic carbocycles. The van der Waals surface area contributed by atoms with Gasteiger partial charge < -0.3 is 24.8 Å². The summed E-state index contributed by atoms with van der Waals surface area (Å²) in [5.41, 5.74) is 0.312. The van der Waals surface area contributed by atoms with Gasteiger partial charge in [-0.1, -0.05) is 12.1 Å². The van der Waals surface area contributed by atoms with E-state index in [-0.39, 0.29) is 5.91 Å². The molecule has 0 saturated carbocycles. The molecule has 0 unspecified atom stereocenters. The molecule has 0 aromatic heterocycles. The van der Waals surface area contributed by atoms with Crippen LogP contribution in [0.4, 0.5) is 4.79 Å². The van der Waals surface area contributed by atoms with Gasteiger partial charge in [-0.25, -0.2) is 4.79 Å². The summed E-state index contributed by atoms with van der Waals surface area (Å²) < 4.78 is 10.4. The van der Waals surface area contributed by atoms with E-state index in [1.54, 1.807) is 32.8 Å². The van der Waals surface area contributed by atoms with E-state index in [1.807, 2.05) is 24.3 Å². The number of rotatable bonds is 4. The maximum absolute atomic E-state index is 13.0. The summed E-state index contributed by atoms with van der Waals surface area (Å²) in [4.78, 5) is 26.8. The lowest BCUT2D eigenvalue weighted by Crippen LogP contribution is -2.51. The van der Waals surface area contributed by atoms with Crippen LogP contribution in [0, 0.1) is 0 Å². The highest BCUT2D eigenvalue weighted by Crippen LogP contribution is 2.18. The minimum Gasteiger partial charge on any atom is -0.497 e. The number of hydrogen-bond acceptors (Lipinski definition) is 5. The fourth-order valence-electron chi connectivity index (χ4n) is 2.95. The average molecular weight is 378 g/mol. The largest absolute Gasteiger partial charge is 0.497 e. The molecule has 1 aliphatic rings. The van der Waals surface area contributed by atoms with Crippen LogP contribution in [-0.4, -0.2) is 53.4 Å². The zero-order valence-corrected chi connectivity index (χ0v) is 16.5. The van der Waals surface area contributed by atoms with Gasteiger partial charge >= 0.3 is 6.09 Å². The summed E-state index contributed by atoms with van der Waals surface area (Å²) in [6, 6.07) is 6.77. The molecule has 0 radical (unpaired) electrons. The molecule has 1 aromatic rings. The lowest BCUT2D eigenvalue weighted by Gasteiger charge is -2.32. The van der Waals surface area contributed by atoms with E-state index < -0.39 is 23.8 Å². The molecule has 2 atom stereocenters. The minimum absolute atomic E-state index is 0.163. The summed E-state index contributed by atoms with van der Waals surface area (Å²) in [7, 11) is 1.60. The molecule has 150 valence electrons. The Balaban J connectivity index is 2.09. The molecular formula is C20H30N2O5. The molecule has 0 aliphatic carbocycles. The summed E-state index contributed by atoms with van der Waals surface area (Å²) in [5.74, 6) is 0.584. The van der Waals surface area contributed by atoms with Crippen LogP contribution >= 0.6 is 0 Å². The quantitative estimate of drug-likeness (QED) is 0.840. The maximum atomic E-state index is 13.0. The second-order valence-corrected chi connectivity index (χ2v) is 7.83. The number of ether oxygens (including phenoxy) is 2.